The molecule has 3 heteroatoms. The fourth-order valence-corrected chi connectivity index (χ4v) is 1.41. The normalized spacial score (nSPS) is 10.1. The van der Waals surface area contributed by atoms with Crippen LogP contribution < -0.4 is 4.74 Å². The van der Waals surface area contributed by atoms with Crippen LogP contribution in [0.15, 0.2) is 30.6 Å². The number of imidazole rings is 1. The summed E-state index contributed by atoms with van der Waals surface area (Å²) in [5, 5.41) is 0. The summed E-state index contributed by atoms with van der Waals surface area (Å²) < 4.78 is 5.29. The predicted molar refractivity (Wildman–Crippen MR) is 55.3 cm³/mol. The maximum Gasteiger partial charge on any atom is 0.141 e. The lowest BCUT2D eigenvalue weighted by molar-refractivity contribution is 0.416. The van der Waals surface area contributed by atoms with E-state index in [-0.39, 0.29) is 0 Å². The number of H-pyrrole nitrogens is 1. The van der Waals surface area contributed by atoms with Gasteiger partial charge in [-0.25, -0.2) is 4.98 Å². The molecule has 0 radical (unpaired) electrons. The average Bonchev–Trinajstić information content (AvgIpc) is 2.70. The lowest BCUT2D eigenvalue weighted by Gasteiger charge is -2.06. The molecule has 0 amide bonds. The van der Waals surface area contributed by atoms with E-state index in [0.717, 1.165) is 17.1 Å². The van der Waals surface area contributed by atoms with E-state index in [9.17, 15) is 0 Å². The third-order valence-corrected chi connectivity index (χ3v) is 2.11. The predicted octanol–water partition coefficient (Wildman–Crippen LogP) is 2.39. The molecule has 0 aliphatic heterocycles. The number of benzene rings is 1. The van der Waals surface area contributed by atoms with Crippen molar-refractivity contribution in [1.82, 2.24) is 9.97 Å². The molecule has 0 fully saturated rings. The molecular weight excluding hydrogens is 176 g/mol. The molecule has 3 nitrogen and oxygen atoms in total. The van der Waals surface area contributed by atoms with E-state index in [1.807, 2.05) is 25.1 Å². The summed E-state index contributed by atoms with van der Waals surface area (Å²) in [4.78, 5) is 7.25. The molecule has 2 rings (SSSR count). The minimum absolute atomic E-state index is 0.835. The molecule has 0 saturated carbocycles. The van der Waals surface area contributed by atoms with Crippen LogP contribution in [0, 0.1) is 6.92 Å². The first-order valence-corrected chi connectivity index (χ1v) is 4.45. The number of rotatable bonds is 2. The van der Waals surface area contributed by atoms with Crippen LogP contribution in [-0.4, -0.2) is 17.1 Å². The van der Waals surface area contributed by atoms with E-state index in [2.05, 4.69) is 9.97 Å². The van der Waals surface area contributed by atoms with Crippen LogP contribution in [0.2, 0.25) is 0 Å². The van der Waals surface area contributed by atoms with Gasteiger partial charge in [0.1, 0.15) is 11.6 Å². The van der Waals surface area contributed by atoms with Crippen LogP contribution in [0.1, 0.15) is 5.56 Å². The molecule has 0 atom stereocenters. The van der Waals surface area contributed by atoms with Crippen molar-refractivity contribution in [3.8, 4) is 17.1 Å². The van der Waals surface area contributed by atoms with Crippen LogP contribution in [0.4, 0.5) is 0 Å². The summed E-state index contributed by atoms with van der Waals surface area (Å²) >= 11 is 0. The highest BCUT2D eigenvalue weighted by Gasteiger charge is 2.06. The zero-order chi connectivity index (χ0) is 9.97. The van der Waals surface area contributed by atoms with Crippen molar-refractivity contribution in [2.75, 3.05) is 7.11 Å². The Morgan fingerprint density at radius 2 is 2.21 bits per heavy atom. The highest BCUT2D eigenvalue weighted by atomic mass is 16.5. The zero-order valence-corrected chi connectivity index (χ0v) is 8.24. The molecule has 1 aromatic carbocycles. The standard InChI is InChI=1S/C11H12N2O/c1-8-3-4-9(10(7-8)14-2)11-12-5-6-13-11/h3-7H,1-2H3,(H,12,13). The topological polar surface area (TPSA) is 37.9 Å². The van der Waals surface area contributed by atoms with Gasteiger partial charge in [0.05, 0.1) is 12.7 Å². The summed E-state index contributed by atoms with van der Waals surface area (Å²) in [6, 6.07) is 6.05. The molecule has 72 valence electrons. The Morgan fingerprint density at radius 3 is 2.86 bits per heavy atom. The van der Waals surface area contributed by atoms with Gasteiger partial charge in [0.25, 0.3) is 0 Å². The lowest BCUT2D eigenvalue weighted by Crippen LogP contribution is -1.89. The van der Waals surface area contributed by atoms with Gasteiger partial charge in [-0.3, -0.25) is 0 Å². The van der Waals surface area contributed by atoms with Crippen molar-refractivity contribution in [3.05, 3.63) is 36.2 Å². The van der Waals surface area contributed by atoms with E-state index in [4.69, 9.17) is 4.74 Å². The molecule has 0 aliphatic carbocycles. The maximum atomic E-state index is 5.29. The number of aromatic nitrogens is 2. The molecule has 0 aliphatic rings. The Bertz CT molecular complexity index is 421. The first-order valence-electron chi connectivity index (χ1n) is 4.45. The monoisotopic (exact) mass is 188 g/mol. The third-order valence-electron chi connectivity index (χ3n) is 2.11. The van der Waals surface area contributed by atoms with Gasteiger partial charge >= 0.3 is 0 Å². The Kier molecular flexibility index (Phi) is 2.23. The maximum absolute atomic E-state index is 5.29. The fourth-order valence-electron chi connectivity index (χ4n) is 1.41. The number of aromatic amines is 1. The Balaban J connectivity index is 2.53. The van der Waals surface area contributed by atoms with E-state index < -0.39 is 0 Å². The van der Waals surface area contributed by atoms with Gasteiger partial charge in [0.15, 0.2) is 0 Å². The van der Waals surface area contributed by atoms with Crippen LogP contribution in [0.25, 0.3) is 11.4 Å². The Hall–Kier alpha value is -1.77. The number of ether oxygens (including phenoxy) is 1. The SMILES string of the molecule is COc1cc(C)ccc1-c1ncc[nH]1. The van der Waals surface area contributed by atoms with Crippen molar-refractivity contribution in [2.45, 2.75) is 6.92 Å². The van der Waals surface area contributed by atoms with Gasteiger partial charge in [-0.2, -0.15) is 0 Å². The number of methoxy groups -OCH3 is 1. The molecule has 1 aromatic heterocycles. The van der Waals surface area contributed by atoms with Crippen LogP contribution in [0.3, 0.4) is 0 Å². The van der Waals surface area contributed by atoms with Crippen molar-refractivity contribution in [1.29, 1.82) is 0 Å². The van der Waals surface area contributed by atoms with Crippen LogP contribution in [0.5, 0.6) is 5.75 Å². The van der Waals surface area contributed by atoms with Crippen molar-refractivity contribution in [2.24, 2.45) is 0 Å². The second kappa shape index (κ2) is 3.54. The lowest BCUT2D eigenvalue weighted by atomic mass is 10.1. The van der Waals surface area contributed by atoms with Gasteiger partial charge in [-0.15, -0.1) is 0 Å². The molecule has 0 unspecified atom stereocenters. The summed E-state index contributed by atoms with van der Waals surface area (Å²) in [6.45, 7) is 2.04. The smallest absolute Gasteiger partial charge is 0.141 e. The van der Waals surface area contributed by atoms with Crippen molar-refractivity contribution >= 4 is 0 Å². The number of nitrogens with zero attached hydrogens (tertiary/aromatic N) is 1. The number of aryl methyl sites for hydroxylation is 1. The summed E-state index contributed by atoms with van der Waals surface area (Å²) in [5.74, 6) is 1.68. The van der Waals surface area contributed by atoms with E-state index in [0.29, 0.717) is 0 Å². The van der Waals surface area contributed by atoms with Crippen LogP contribution in [-0.2, 0) is 0 Å². The Morgan fingerprint density at radius 1 is 1.36 bits per heavy atom. The minimum Gasteiger partial charge on any atom is -0.496 e. The molecule has 1 heterocycles. The van der Waals surface area contributed by atoms with E-state index in [1.54, 1.807) is 19.5 Å². The second-order valence-corrected chi connectivity index (χ2v) is 3.14. The molecule has 0 spiro atoms. The van der Waals surface area contributed by atoms with E-state index in [1.165, 1.54) is 5.56 Å². The minimum atomic E-state index is 0.835. The number of nitrogens with one attached hydrogen (secondary N) is 1. The Labute approximate surface area is 82.8 Å². The van der Waals surface area contributed by atoms with Gasteiger partial charge in [-0.1, -0.05) is 6.07 Å². The largest absolute Gasteiger partial charge is 0.496 e. The average molecular weight is 188 g/mol. The van der Waals surface area contributed by atoms with Crippen molar-refractivity contribution < 1.29 is 4.74 Å². The number of hydrogen-bond donors (Lipinski definition) is 1. The fraction of sp³-hybridized carbons (Fsp3) is 0.182. The van der Waals surface area contributed by atoms with Gasteiger partial charge in [-0.05, 0) is 24.6 Å². The van der Waals surface area contributed by atoms with Crippen molar-refractivity contribution in [3.63, 3.8) is 0 Å². The van der Waals surface area contributed by atoms with Gasteiger partial charge in [0, 0.05) is 12.4 Å². The third kappa shape index (κ3) is 1.48. The first-order chi connectivity index (χ1) is 6.81. The van der Waals surface area contributed by atoms with Gasteiger partial charge < -0.3 is 9.72 Å². The van der Waals surface area contributed by atoms with Crippen LogP contribution >= 0.6 is 0 Å². The highest BCUT2D eigenvalue weighted by Crippen LogP contribution is 2.27. The quantitative estimate of drug-likeness (QED) is 0.785. The molecule has 0 saturated heterocycles. The summed E-state index contributed by atoms with van der Waals surface area (Å²) in [5.41, 5.74) is 2.17. The molecule has 14 heavy (non-hydrogen) atoms. The molecule has 2 aromatic rings. The summed E-state index contributed by atoms with van der Waals surface area (Å²) in [6.07, 6.45) is 3.53. The molecule has 1 N–H and O–H groups in total. The second-order valence-electron chi connectivity index (χ2n) is 3.14. The summed E-state index contributed by atoms with van der Waals surface area (Å²) in [7, 11) is 1.67. The van der Waals surface area contributed by atoms with Gasteiger partial charge in [0.2, 0.25) is 0 Å². The first kappa shape index (κ1) is 8.81. The highest BCUT2D eigenvalue weighted by molar-refractivity contribution is 5.64. The zero-order valence-electron chi connectivity index (χ0n) is 8.24. The molecule has 0 bridgehead atoms. The molecular formula is C11H12N2O. The van der Waals surface area contributed by atoms with E-state index >= 15 is 0 Å². The number of hydrogen-bond acceptors (Lipinski definition) is 2.